The van der Waals surface area contributed by atoms with Crippen LogP contribution in [0.1, 0.15) is 27.3 Å². The Labute approximate surface area is 177 Å². The van der Waals surface area contributed by atoms with Gasteiger partial charge in [-0.1, -0.05) is 12.1 Å². The number of halogens is 1. The SMILES string of the molecule is COC(=O)Nc1ccc(CNC(=O)c2ccc(-n3nc(C)c(Br)c3C)cc2)cc1. The molecular weight excluding hydrogens is 436 g/mol. The highest BCUT2D eigenvalue weighted by Gasteiger charge is 2.11. The zero-order chi connectivity index (χ0) is 21.0. The van der Waals surface area contributed by atoms with Crippen molar-refractivity contribution in [3.63, 3.8) is 0 Å². The molecule has 0 aliphatic rings. The van der Waals surface area contributed by atoms with Gasteiger partial charge in [-0.05, 0) is 71.7 Å². The molecule has 150 valence electrons. The lowest BCUT2D eigenvalue weighted by molar-refractivity contribution is 0.0951. The molecule has 1 heterocycles. The number of aromatic nitrogens is 2. The molecule has 0 atom stereocenters. The summed E-state index contributed by atoms with van der Waals surface area (Å²) in [5.74, 6) is -0.164. The number of amides is 2. The first-order valence-electron chi connectivity index (χ1n) is 8.93. The fourth-order valence-corrected chi connectivity index (χ4v) is 3.04. The number of ether oxygens (including phenoxy) is 1. The minimum absolute atomic E-state index is 0.164. The number of nitrogens with zero attached hydrogens (tertiary/aromatic N) is 2. The van der Waals surface area contributed by atoms with Gasteiger partial charge in [0.1, 0.15) is 0 Å². The van der Waals surface area contributed by atoms with Crippen LogP contribution in [0.25, 0.3) is 5.69 Å². The van der Waals surface area contributed by atoms with Gasteiger partial charge in [-0.15, -0.1) is 0 Å². The fourth-order valence-electron chi connectivity index (χ4n) is 2.79. The van der Waals surface area contributed by atoms with Crippen LogP contribution >= 0.6 is 15.9 Å². The van der Waals surface area contributed by atoms with E-state index < -0.39 is 6.09 Å². The molecular formula is C21H21BrN4O3. The van der Waals surface area contributed by atoms with Crippen molar-refractivity contribution < 1.29 is 14.3 Å². The van der Waals surface area contributed by atoms with E-state index >= 15 is 0 Å². The van der Waals surface area contributed by atoms with E-state index in [1.54, 1.807) is 24.3 Å². The summed E-state index contributed by atoms with van der Waals surface area (Å²) in [6.45, 7) is 4.30. The molecule has 0 aliphatic carbocycles. The van der Waals surface area contributed by atoms with Crippen molar-refractivity contribution in [1.29, 1.82) is 0 Å². The minimum Gasteiger partial charge on any atom is -0.453 e. The third kappa shape index (κ3) is 4.83. The topological polar surface area (TPSA) is 85.3 Å². The number of carbonyl (C=O) groups excluding carboxylic acids is 2. The Balaban J connectivity index is 1.61. The van der Waals surface area contributed by atoms with Crippen molar-refractivity contribution >= 4 is 33.6 Å². The highest BCUT2D eigenvalue weighted by Crippen LogP contribution is 2.23. The quantitative estimate of drug-likeness (QED) is 0.596. The van der Waals surface area contributed by atoms with Gasteiger partial charge in [0.05, 0.1) is 28.7 Å². The molecule has 29 heavy (non-hydrogen) atoms. The smallest absolute Gasteiger partial charge is 0.411 e. The summed E-state index contributed by atoms with van der Waals surface area (Å²) in [7, 11) is 1.31. The molecule has 3 aromatic rings. The normalized spacial score (nSPS) is 10.5. The highest BCUT2D eigenvalue weighted by molar-refractivity contribution is 9.10. The van der Waals surface area contributed by atoms with Gasteiger partial charge >= 0.3 is 6.09 Å². The van der Waals surface area contributed by atoms with E-state index in [0.717, 1.165) is 27.1 Å². The first-order valence-corrected chi connectivity index (χ1v) is 9.72. The first-order chi connectivity index (χ1) is 13.9. The summed E-state index contributed by atoms with van der Waals surface area (Å²) in [6.07, 6.45) is -0.526. The van der Waals surface area contributed by atoms with Gasteiger partial charge in [-0.25, -0.2) is 9.48 Å². The van der Waals surface area contributed by atoms with E-state index in [1.165, 1.54) is 7.11 Å². The summed E-state index contributed by atoms with van der Waals surface area (Å²) in [6, 6.07) is 14.4. The Morgan fingerprint density at radius 2 is 1.72 bits per heavy atom. The zero-order valence-electron chi connectivity index (χ0n) is 16.3. The van der Waals surface area contributed by atoms with E-state index in [2.05, 4.69) is 36.4 Å². The Bertz CT molecular complexity index is 1030. The predicted molar refractivity (Wildman–Crippen MR) is 114 cm³/mol. The average Bonchev–Trinajstić information content (AvgIpc) is 3.00. The van der Waals surface area contributed by atoms with Crippen LogP contribution in [-0.2, 0) is 11.3 Å². The summed E-state index contributed by atoms with van der Waals surface area (Å²) < 4.78 is 7.36. The Morgan fingerprint density at radius 1 is 1.07 bits per heavy atom. The maximum absolute atomic E-state index is 12.4. The third-order valence-corrected chi connectivity index (χ3v) is 5.56. The molecule has 1 aromatic heterocycles. The van der Waals surface area contributed by atoms with Crippen molar-refractivity contribution in [3.8, 4) is 5.69 Å². The summed E-state index contributed by atoms with van der Waals surface area (Å²) in [5, 5.41) is 9.96. The number of carbonyl (C=O) groups is 2. The number of rotatable bonds is 5. The van der Waals surface area contributed by atoms with Crippen LogP contribution in [0, 0.1) is 13.8 Å². The fraction of sp³-hybridized carbons (Fsp3) is 0.190. The van der Waals surface area contributed by atoms with Crippen LogP contribution in [0.4, 0.5) is 10.5 Å². The molecule has 2 aromatic carbocycles. The van der Waals surface area contributed by atoms with Crippen LogP contribution < -0.4 is 10.6 Å². The van der Waals surface area contributed by atoms with Crippen molar-refractivity contribution in [2.45, 2.75) is 20.4 Å². The highest BCUT2D eigenvalue weighted by atomic mass is 79.9. The van der Waals surface area contributed by atoms with E-state index in [1.807, 2.05) is 42.8 Å². The molecule has 0 bridgehead atoms. The molecule has 0 saturated carbocycles. The Kier molecular flexibility index (Phi) is 6.33. The van der Waals surface area contributed by atoms with Crippen LogP contribution in [-0.4, -0.2) is 28.9 Å². The molecule has 2 N–H and O–H groups in total. The van der Waals surface area contributed by atoms with Crippen molar-refractivity contribution in [1.82, 2.24) is 15.1 Å². The maximum Gasteiger partial charge on any atom is 0.411 e. The largest absolute Gasteiger partial charge is 0.453 e. The van der Waals surface area contributed by atoms with Gasteiger partial charge in [-0.2, -0.15) is 5.10 Å². The molecule has 0 aliphatic heterocycles. The summed E-state index contributed by atoms with van der Waals surface area (Å²) in [5.41, 5.74) is 4.91. The standard InChI is InChI=1S/C21H21BrN4O3/c1-13-19(22)14(2)26(25-13)18-10-6-16(7-11-18)20(27)23-12-15-4-8-17(9-5-15)24-21(28)29-3/h4-11H,12H2,1-3H3,(H,23,27)(H,24,28). The second-order valence-corrected chi connectivity index (χ2v) is 7.23. The van der Waals surface area contributed by atoms with Crippen LogP contribution in [0.15, 0.2) is 53.0 Å². The van der Waals surface area contributed by atoms with Gasteiger partial charge in [0.15, 0.2) is 0 Å². The van der Waals surface area contributed by atoms with Crippen molar-refractivity contribution in [2.24, 2.45) is 0 Å². The number of nitrogens with one attached hydrogen (secondary N) is 2. The molecule has 3 rings (SSSR count). The second kappa shape index (κ2) is 8.91. The van der Waals surface area contributed by atoms with Gasteiger partial charge in [-0.3, -0.25) is 10.1 Å². The number of benzene rings is 2. The molecule has 8 heteroatoms. The molecule has 0 saturated heterocycles. The molecule has 0 unspecified atom stereocenters. The number of hydrogen-bond acceptors (Lipinski definition) is 4. The third-order valence-electron chi connectivity index (χ3n) is 4.42. The monoisotopic (exact) mass is 456 g/mol. The Morgan fingerprint density at radius 3 is 2.28 bits per heavy atom. The van der Waals surface area contributed by atoms with E-state index in [0.29, 0.717) is 17.8 Å². The first kappa shape index (κ1) is 20.6. The predicted octanol–water partition coefficient (Wildman–Crippen LogP) is 4.36. The zero-order valence-corrected chi connectivity index (χ0v) is 17.9. The van der Waals surface area contributed by atoms with Crippen LogP contribution in [0.3, 0.4) is 0 Å². The second-order valence-electron chi connectivity index (χ2n) is 6.44. The molecule has 0 fully saturated rings. The number of hydrogen-bond donors (Lipinski definition) is 2. The molecule has 2 amide bonds. The maximum atomic E-state index is 12.4. The van der Waals surface area contributed by atoms with Crippen LogP contribution in [0.5, 0.6) is 0 Å². The van der Waals surface area contributed by atoms with Crippen molar-refractivity contribution in [2.75, 3.05) is 12.4 Å². The number of methoxy groups -OCH3 is 1. The summed E-state index contributed by atoms with van der Waals surface area (Å²) >= 11 is 3.52. The lowest BCUT2D eigenvalue weighted by Gasteiger charge is -2.09. The van der Waals surface area contributed by atoms with E-state index in [9.17, 15) is 9.59 Å². The van der Waals surface area contributed by atoms with E-state index in [-0.39, 0.29) is 5.91 Å². The van der Waals surface area contributed by atoms with Gasteiger partial charge in [0, 0.05) is 17.8 Å². The lowest BCUT2D eigenvalue weighted by Crippen LogP contribution is -2.22. The number of anilines is 1. The average molecular weight is 457 g/mol. The molecule has 0 radical (unpaired) electrons. The van der Waals surface area contributed by atoms with Crippen LogP contribution in [0.2, 0.25) is 0 Å². The van der Waals surface area contributed by atoms with E-state index in [4.69, 9.17) is 0 Å². The van der Waals surface area contributed by atoms with Crippen molar-refractivity contribution in [3.05, 3.63) is 75.5 Å². The Hall–Kier alpha value is -3.13. The number of aryl methyl sites for hydroxylation is 1. The lowest BCUT2D eigenvalue weighted by atomic mass is 10.1. The molecule has 7 nitrogen and oxygen atoms in total. The van der Waals surface area contributed by atoms with Gasteiger partial charge in [0.2, 0.25) is 0 Å². The molecule has 0 spiro atoms. The summed E-state index contributed by atoms with van der Waals surface area (Å²) in [4.78, 5) is 23.6. The van der Waals surface area contributed by atoms with Gasteiger partial charge in [0.25, 0.3) is 5.91 Å². The minimum atomic E-state index is -0.526. The van der Waals surface area contributed by atoms with Gasteiger partial charge < -0.3 is 10.1 Å².